The van der Waals surface area contributed by atoms with Gasteiger partial charge >= 0.3 is 0 Å². The van der Waals surface area contributed by atoms with E-state index in [0.29, 0.717) is 36.0 Å². The number of hydrogen-bond acceptors (Lipinski definition) is 4. The van der Waals surface area contributed by atoms with Gasteiger partial charge in [-0.15, -0.1) is 0 Å². The van der Waals surface area contributed by atoms with Crippen LogP contribution in [0.25, 0.3) is 0 Å². The van der Waals surface area contributed by atoms with Crippen molar-refractivity contribution < 1.29 is 19.3 Å². The molecule has 0 amide bonds. The highest BCUT2D eigenvalue weighted by atomic mass is 16.6. The van der Waals surface area contributed by atoms with Gasteiger partial charge in [-0.25, -0.2) is 0 Å². The summed E-state index contributed by atoms with van der Waals surface area (Å²) in [7, 11) is 1.56. The molecule has 0 radical (unpaired) electrons. The smallest absolute Gasteiger partial charge is 0.204 e. The van der Waals surface area contributed by atoms with Gasteiger partial charge in [0.05, 0.1) is 13.2 Å². The number of aliphatic hydroxyl groups excluding tert-OH is 1. The second-order valence-electron chi connectivity index (χ2n) is 3.39. The van der Waals surface area contributed by atoms with Gasteiger partial charge in [-0.2, -0.15) is 0 Å². The van der Waals surface area contributed by atoms with Crippen molar-refractivity contribution in [2.75, 3.05) is 20.3 Å². The average molecular weight is 210 g/mol. The number of rotatable bonds is 2. The van der Waals surface area contributed by atoms with E-state index in [2.05, 4.69) is 0 Å². The molecule has 1 aliphatic heterocycles. The van der Waals surface area contributed by atoms with Crippen molar-refractivity contribution in [2.24, 2.45) is 0 Å². The fourth-order valence-electron chi connectivity index (χ4n) is 1.65. The summed E-state index contributed by atoms with van der Waals surface area (Å²) < 4.78 is 16.1. The molecule has 0 aliphatic carbocycles. The Morgan fingerprint density at radius 1 is 1.33 bits per heavy atom. The molecular weight excluding hydrogens is 196 g/mol. The van der Waals surface area contributed by atoms with Crippen molar-refractivity contribution in [1.82, 2.24) is 0 Å². The van der Waals surface area contributed by atoms with E-state index in [-0.39, 0.29) is 0 Å². The fraction of sp³-hybridized carbons (Fsp3) is 0.455. The largest absolute Gasteiger partial charge is 0.492 e. The molecule has 1 aromatic carbocycles. The van der Waals surface area contributed by atoms with Crippen LogP contribution in [0.2, 0.25) is 0 Å². The van der Waals surface area contributed by atoms with Crippen LogP contribution < -0.4 is 14.2 Å². The molecule has 1 aromatic rings. The first-order chi connectivity index (χ1) is 7.24. The third-order valence-corrected chi connectivity index (χ3v) is 2.35. The van der Waals surface area contributed by atoms with Gasteiger partial charge in [-0.1, -0.05) is 0 Å². The van der Waals surface area contributed by atoms with E-state index in [9.17, 15) is 5.11 Å². The summed E-state index contributed by atoms with van der Waals surface area (Å²) in [6, 6.07) is 3.58. The van der Waals surface area contributed by atoms with E-state index in [4.69, 9.17) is 14.2 Å². The lowest BCUT2D eigenvalue weighted by atomic mass is 10.1. The van der Waals surface area contributed by atoms with Crippen LogP contribution >= 0.6 is 0 Å². The van der Waals surface area contributed by atoms with E-state index in [0.717, 1.165) is 0 Å². The van der Waals surface area contributed by atoms with Crippen LogP contribution in [0.5, 0.6) is 17.2 Å². The van der Waals surface area contributed by atoms with Crippen LogP contribution in [0.4, 0.5) is 0 Å². The molecule has 1 N–H and O–H groups in total. The Morgan fingerprint density at radius 3 is 2.73 bits per heavy atom. The van der Waals surface area contributed by atoms with Gasteiger partial charge in [-0.05, 0) is 19.1 Å². The first-order valence-corrected chi connectivity index (χ1v) is 4.88. The van der Waals surface area contributed by atoms with Crippen LogP contribution in [-0.4, -0.2) is 25.4 Å². The summed E-state index contributed by atoms with van der Waals surface area (Å²) in [5.74, 6) is 1.81. The SMILES string of the molecule is COc1c(C(C)O)ccc2c1OCCO2. The first-order valence-electron chi connectivity index (χ1n) is 4.88. The first kappa shape index (κ1) is 10.1. The molecule has 15 heavy (non-hydrogen) atoms. The molecular formula is C11H14O4. The second kappa shape index (κ2) is 3.98. The highest BCUT2D eigenvalue weighted by molar-refractivity contribution is 5.56. The zero-order valence-corrected chi connectivity index (χ0v) is 8.82. The van der Waals surface area contributed by atoms with Crippen LogP contribution in [-0.2, 0) is 0 Å². The summed E-state index contributed by atoms with van der Waals surface area (Å²) in [6.45, 7) is 2.74. The van der Waals surface area contributed by atoms with Crippen molar-refractivity contribution >= 4 is 0 Å². The summed E-state index contributed by atoms with van der Waals surface area (Å²) in [6.07, 6.45) is -0.587. The maximum absolute atomic E-state index is 9.56. The van der Waals surface area contributed by atoms with Gasteiger partial charge in [0.1, 0.15) is 13.2 Å². The number of fused-ring (bicyclic) bond motifs is 1. The molecule has 0 saturated carbocycles. The Balaban J connectivity index is 2.51. The van der Waals surface area contributed by atoms with Crippen molar-refractivity contribution in [1.29, 1.82) is 0 Å². The lowest BCUT2D eigenvalue weighted by Gasteiger charge is -2.22. The van der Waals surface area contributed by atoms with Gasteiger partial charge < -0.3 is 19.3 Å². The molecule has 1 atom stereocenters. The third-order valence-electron chi connectivity index (χ3n) is 2.35. The van der Waals surface area contributed by atoms with Crippen LogP contribution in [0.15, 0.2) is 12.1 Å². The minimum absolute atomic E-state index is 0.507. The molecule has 0 bridgehead atoms. The Bertz CT molecular complexity index is 360. The highest BCUT2D eigenvalue weighted by Gasteiger charge is 2.21. The van der Waals surface area contributed by atoms with Gasteiger partial charge in [-0.3, -0.25) is 0 Å². The monoisotopic (exact) mass is 210 g/mol. The number of aliphatic hydroxyl groups is 1. The summed E-state index contributed by atoms with van der Waals surface area (Å²) >= 11 is 0. The lowest BCUT2D eigenvalue weighted by Crippen LogP contribution is -2.16. The Hall–Kier alpha value is -1.42. The van der Waals surface area contributed by atoms with Crippen LogP contribution in [0.1, 0.15) is 18.6 Å². The van der Waals surface area contributed by atoms with E-state index in [1.54, 1.807) is 26.2 Å². The zero-order valence-electron chi connectivity index (χ0n) is 8.82. The van der Waals surface area contributed by atoms with Crippen LogP contribution in [0, 0.1) is 0 Å². The minimum atomic E-state index is -0.587. The lowest BCUT2D eigenvalue weighted by molar-refractivity contribution is 0.159. The maximum Gasteiger partial charge on any atom is 0.204 e. The molecule has 0 aromatic heterocycles. The van der Waals surface area contributed by atoms with Crippen LogP contribution in [0.3, 0.4) is 0 Å². The number of methoxy groups -OCH3 is 1. The van der Waals surface area contributed by atoms with Crippen molar-refractivity contribution in [3.63, 3.8) is 0 Å². The molecule has 1 heterocycles. The topological polar surface area (TPSA) is 47.9 Å². The molecule has 4 nitrogen and oxygen atoms in total. The summed E-state index contributed by atoms with van der Waals surface area (Å²) in [5, 5.41) is 9.56. The number of hydrogen-bond donors (Lipinski definition) is 1. The molecule has 4 heteroatoms. The predicted molar refractivity (Wildman–Crippen MR) is 54.6 cm³/mol. The standard InChI is InChI=1S/C11H14O4/c1-7(12)8-3-4-9-11(10(8)13-2)15-6-5-14-9/h3-4,7,12H,5-6H2,1-2H3. The normalized spacial score (nSPS) is 15.9. The summed E-state index contributed by atoms with van der Waals surface area (Å²) in [5.41, 5.74) is 0.710. The molecule has 0 saturated heterocycles. The van der Waals surface area contributed by atoms with E-state index < -0.39 is 6.10 Å². The Labute approximate surface area is 88.4 Å². The van der Waals surface area contributed by atoms with E-state index in [1.807, 2.05) is 0 Å². The molecule has 1 aliphatic rings. The molecule has 0 fully saturated rings. The quantitative estimate of drug-likeness (QED) is 0.804. The molecule has 2 rings (SSSR count). The van der Waals surface area contributed by atoms with Gasteiger partial charge in [0, 0.05) is 5.56 Å². The van der Waals surface area contributed by atoms with E-state index >= 15 is 0 Å². The number of benzene rings is 1. The molecule has 82 valence electrons. The van der Waals surface area contributed by atoms with E-state index in [1.165, 1.54) is 0 Å². The second-order valence-corrected chi connectivity index (χ2v) is 3.39. The van der Waals surface area contributed by atoms with Crippen molar-refractivity contribution in [3.8, 4) is 17.2 Å². The summed E-state index contributed by atoms with van der Waals surface area (Å²) in [4.78, 5) is 0. The zero-order chi connectivity index (χ0) is 10.8. The number of ether oxygens (including phenoxy) is 3. The third kappa shape index (κ3) is 1.72. The Kier molecular flexibility index (Phi) is 2.68. The predicted octanol–water partition coefficient (Wildman–Crippen LogP) is 1.52. The van der Waals surface area contributed by atoms with Crippen molar-refractivity contribution in [3.05, 3.63) is 17.7 Å². The minimum Gasteiger partial charge on any atom is -0.492 e. The van der Waals surface area contributed by atoms with Gasteiger partial charge in [0.2, 0.25) is 5.75 Å². The Morgan fingerprint density at radius 2 is 2.07 bits per heavy atom. The fourth-order valence-corrected chi connectivity index (χ4v) is 1.65. The highest BCUT2D eigenvalue weighted by Crippen LogP contribution is 2.43. The van der Waals surface area contributed by atoms with Gasteiger partial charge in [0.25, 0.3) is 0 Å². The molecule has 1 unspecified atom stereocenters. The average Bonchev–Trinajstić information content (AvgIpc) is 2.27. The van der Waals surface area contributed by atoms with Crippen molar-refractivity contribution in [2.45, 2.75) is 13.0 Å². The van der Waals surface area contributed by atoms with Gasteiger partial charge in [0.15, 0.2) is 11.5 Å². The maximum atomic E-state index is 9.56. The molecule has 0 spiro atoms.